The summed E-state index contributed by atoms with van der Waals surface area (Å²) >= 11 is 0. The second kappa shape index (κ2) is 9.20. The molecule has 2 aliphatic rings. The molecule has 4 rings (SSSR count). The van der Waals surface area contributed by atoms with Crippen LogP contribution in [0.3, 0.4) is 0 Å². The summed E-state index contributed by atoms with van der Waals surface area (Å²) in [6, 6.07) is 14.9. The zero-order valence-electron chi connectivity index (χ0n) is 17.6. The minimum atomic E-state index is -3.32. The number of hydrogen-bond donors (Lipinski definition) is 2. The van der Waals surface area contributed by atoms with Gasteiger partial charge in [-0.1, -0.05) is 49.9 Å². The Morgan fingerprint density at radius 2 is 0.903 bits per heavy atom. The summed E-state index contributed by atoms with van der Waals surface area (Å²) in [6.07, 6.45) is 7.54. The van der Waals surface area contributed by atoms with Crippen LogP contribution in [-0.2, 0) is 26.5 Å². The molecule has 2 saturated carbocycles. The topological polar surface area (TPSA) is 92.3 Å². The van der Waals surface area contributed by atoms with Crippen molar-refractivity contribution in [2.75, 3.05) is 9.44 Å². The van der Waals surface area contributed by atoms with Gasteiger partial charge in [-0.25, -0.2) is 16.8 Å². The minimum Gasteiger partial charge on any atom is -0.283 e. The average Bonchev–Trinajstić information content (AvgIpc) is 3.45. The highest BCUT2D eigenvalue weighted by atomic mass is 32.2. The van der Waals surface area contributed by atoms with Gasteiger partial charge in [0.05, 0.1) is 10.5 Å². The van der Waals surface area contributed by atoms with Gasteiger partial charge < -0.3 is 0 Å². The smallest absolute Gasteiger partial charge is 0.235 e. The fraction of sp³-hybridized carbons (Fsp3) is 0.478. The Labute approximate surface area is 185 Å². The third-order valence-electron chi connectivity index (χ3n) is 6.32. The molecule has 0 aromatic heterocycles. The lowest BCUT2D eigenvalue weighted by Crippen LogP contribution is -2.25. The van der Waals surface area contributed by atoms with Gasteiger partial charge in [0.1, 0.15) is 0 Å². The van der Waals surface area contributed by atoms with Gasteiger partial charge in [-0.05, 0) is 67.5 Å². The summed E-state index contributed by atoms with van der Waals surface area (Å²) in [6.45, 7) is 0. The van der Waals surface area contributed by atoms with Crippen LogP contribution < -0.4 is 9.44 Å². The van der Waals surface area contributed by atoms with Crippen LogP contribution in [0.5, 0.6) is 0 Å². The molecule has 0 radical (unpaired) electrons. The highest BCUT2D eigenvalue weighted by Gasteiger charge is 2.29. The van der Waals surface area contributed by atoms with Crippen LogP contribution in [0.25, 0.3) is 0 Å². The van der Waals surface area contributed by atoms with Crippen molar-refractivity contribution in [2.45, 2.75) is 68.3 Å². The molecule has 0 aliphatic heterocycles. The molecule has 0 bridgehead atoms. The number of sulfonamides is 2. The van der Waals surface area contributed by atoms with E-state index in [0.717, 1.165) is 62.5 Å². The Bertz CT molecular complexity index is 994. The maximum absolute atomic E-state index is 12.4. The van der Waals surface area contributed by atoms with E-state index in [0.29, 0.717) is 17.8 Å². The summed E-state index contributed by atoms with van der Waals surface area (Å²) in [4.78, 5) is 0. The molecule has 2 N–H and O–H groups in total. The monoisotopic (exact) mass is 462 g/mol. The Hall–Kier alpha value is -2.06. The zero-order chi connectivity index (χ0) is 21.9. The molecule has 31 heavy (non-hydrogen) atoms. The second-order valence-corrected chi connectivity index (χ2v) is 12.6. The van der Waals surface area contributed by atoms with E-state index >= 15 is 0 Å². The van der Waals surface area contributed by atoms with Crippen LogP contribution in [0.4, 0.5) is 11.4 Å². The molecule has 168 valence electrons. The van der Waals surface area contributed by atoms with Gasteiger partial charge in [0.25, 0.3) is 0 Å². The third kappa shape index (κ3) is 5.60. The van der Waals surface area contributed by atoms with E-state index in [4.69, 9.17) is 0 Å². The number of rotatable bonds is 8. The van der Waals surface area contributed by atoms with Crippen LogP contribution in [0, 0.1) is 0 Å². The van der Waals surface area contributed by atoms with Crippen LogP contribution in [0.15, 0.2) is 48.5 Å². The maximum atomic E-state index is 12.4. The van der Waals surface area contributed by atoms with Crippen LogP contribution in [-0.4, -0.2) is 27.3 Å². The molecule has 0 unspecified atom stereocenters. The van der Waals surface area contributed by atoms with Crippen molar-refractivity contribution >= 4 is 31.4 Å². The number of anilines is 2. The second-order valence-electron chi connectivity index (χ2n) is 8.68. The summed E-state index contributed by atoms with van der Waals surface area (Å²) in [7, 11) is -6.63. The molecule has 2 aromatic rings. The summed E-state index contributed by atoms with van der Waals surface area (Å²) in [5.41, 5.74) is 3.30. The molecule has 0 atom stereocenters. The fourth-order valence-corrected chi connectivity index (χ4v) is 7.68. The normalized spacial score (nSPS) is 18.3. The Balaban J connectivity index is 1.35. The molecule has 2 fully saturated rings. The van der Waals surface area contributed by atoms with Crippen LogP contribution in [0.2, 0.25) is 0 Å². The van der Waals surface area contributed by atoms with Gasteiger partial charge in [-0.15, -0.1) is 0 Å². The van der Waals surface area contributed by atoms with Crippen molar-refractivity contribution in [3.05, 3.63) is 59.7 Å². The molecule has 0 saturated heterocycles. The first-order chi connectivity index (χ1) is 14.8. The number of benzene rings is 2. The first-order valence-corrected chi connectivity index (χ1v) is 14.1. The highest BCUT2D eigenvalue weighted by molar-refractivity contribution is 7.93. The van der Waals surface area contributed by atoms with E-state index in [-0.39, 0.29) is 10.5 Å². The van der Waals surface area contributed by atoms with Crippen molar-refractivity contribution in [1.82, 2.24) is 0 Å². The van der Waals surface area contributed by atoms with E-state index in [1.807, 2.05) is 24.3 Å². The highest BCUT2D eigenvalue weighted by Crippen LogP contribution is 2.27. The van der Waals surface area contributed by atoms with E-state index in [1.54, 1.807) is 24.3 Å². The van der Waals surface area contributed by atoms with E-state index in [9.17, 15) is 16.8 Å². The van der Waals surface area contributed by atoms with E-state index < -0.39 is 20.0 Å². The van der Waals surface area contributed by atoms with Crippen molar-refractivity contribution in [3.63, 3.8) is 0 Å². The van der Waals surface area contributed by atoms with Gasteiger partial charge in [0.15, 0.2) is 0 Å². The SMILES string of the molecule is O=S(=O)(Nc1ccc(Cc2ccc(NS(=O)(=O)C3CCCC3)cc2)cc1)C1CCCC1. The van der Waals surface area contributed by atoms with Gasteiger partial charge in [0.2, 0.25) is 20.0 Å². The maximum Gasteiger partial charge on any atom is 0.235 e. The lowest BCUT2D eigenvalue weighted by molar-refractivity contribution is 0.583. The van der Waals surface area contributed by atoms with E-state index in [2.05, 4.69) is 9.44 Å². The van der Waals surface area contributed by atoms with Gasteiger partial charge >= 0.3 is 0 Å². The molecule has 0 heterocycles. The largest absolute Gasteiger partial charge is 0.283 e. The van der Waals surface area contributed by atoms with E-state index in [1.165, 1.54) is 0 Å². The number of hydrogen-bond acceptors (Lipinski definition) is 4. The molecule has 6 nitrogen and oxygen atoms in total. The summed E-state index contributed by atoms with van der Waals surface area (Å²) < 4.78 is 55.2. The Morgan fingerprint density at radius 3 is 1.23 bits per heavy atom. The molecule has 2 aliphatic carbocycles. The lowest BCUT2D eigenvalue weighted by atomic mass is 10.0. The fourth-order valence-electron chi connectivity index (χ4n) is 4.51. The molecule has 2 aromatic carbocycles. The van der Waals surface area contributed by atoms with Crippen molar-refractivity contribution in [2.24, 2.45) is 0 Å². The minimum absolute atomic E-state index is 0.281. The molecular formula is C23H30N2O4S2. The quantitative estimate of drug-likeness (QED) is 0.597. The molecular weight excluding hydrogens is 432 g/mol. The standard InChI is InChI=1S/C23H30N2O4S2/c26-30(27,22-5-1-2-6-22)24-20-13-9-18(10-14-20)17-19-11-15-21(16-12-19)25-31(28,29)23-7-3-4-8-23/h9-16,22-25H,1-8,17H2. The average molecular weight is 463 g/mol. The van der Waals surface area contributed by atoms with Gasteiger partial charge in [-0.2, -0.15) is 0 Å². The Morgan fingerprint density at radius 1 is 0.581 bits per heavy atom. The predicted molar refractivity (Wildman–Crippen MR) is 125 cm³/mol. The van der Waals surface area contributed by atoms with Crippen molar-refractivity contribution in [1.29, 1.82) is 0 Å². The molecule has 8 heteroatoms. The Kier molecular flexibility index (Phi) is 6.57. The summed E-state index contributed by atoms with van der Waals surface area (Å²) in [5.74, 6) is 0. The first kappa shape index (κ1) is 22.1. The molecule has 0 amide bonds. The summed E-state index contributed by atoms with van der Waals surface area (Å²) in [5, 5.41) is -0.562. The number of nitrogens with one attached hydrogen (secondary N) is 2. The van der Waals surface area contributed by atoms with Crippen LogP contribution in [0.1, 0.15) is 62.5 Å². The third-order valence-corrected chi connectivity index (χ3v) is 10.1. The van der Waals surface area contributed by atoms with Crippen LogP contribution >= 0.6 is 0 Å². The zero-order valence-corrected chi connectivity index (χ0v) is 19.2. The molecule has 0 spiro atoms. The lowest BCUT2D eigenvalue weighted by Gasteiger charge is -2.14. The van der Waals surface area contributed by atoms with Crippen molar-refractivity contribution in [3.8, 4) is 0 Å². The van der Waals surface area contributed by atoms with Gasteiger partial charge in [-0.3, -0.25) is 9.44 Å². The first-order valence-electron chi connectivity index (χ1n) is 11.0. The van der Waals surface area contributed by atoms with Crippen molar-refractivity contribution < 1.29 is 16.8 Å². The predicted octanol–water partition coefficient (Wildman–Crippen LogP) is 4.65. The van der Waals surface area contributed by atoms with Gasteiger partial charge in [0, 0.05) is 11.4 Å².